The van der Waals surface area contributed by atoms with Crippen molar-refractivity contribution in [3.05, 3.63) is 35.5 Å². The lowest BCUT2D eigenvalue weighted by molar-refractivity contribution is 0.0435. The lowest BCUT2D eigenvalue weighted by Gasteiger charge is -2.44. The van der Waals surface area contributed by atoms with Crippen LogP contribution in [0.4, 0.5) is 0 Å². The molecule has 0 amide bonds. The summed E-state index contributed by atoms with van der Waals surface area (Å²) in [5, 5.41) is 10.1. The Labute approximate surface area is 203 Å². The van der Waals surface area contributed by atoms with Gasteiger partial charge in [0.25, 0.3) is 0 Å². The molecule has 5 atom stereocenters. The van der Waals surface area contributed by atoms with Gasteiger partial charge in [-0.1, -0.05) is 56.6 Å². The van der Waals surface area contributed by atoms with Crippen molar-refractivity contribution in [1.29, 1.82) is 0 Å². The molecule has 0 unspecified atom stereocenters. The second kappa shape index (κ2) is 11.7. The first-order chi connectivity index (χ1) is 15.6. The number of rotatable bonds is 10. The molecule has 0 radical (unpaired) electrons. The number of hydrogen-bond acceptors (Lipinski definition) is 3. The van der Waals surface area contributed by atoms with Crippen molar-refractivity contribution in [3.8, 4) is 0 Å². The van der Waals surface area contributed by atoms with E-state index in [4.69, 9.17) is 10.5 Å². The molecule has 3 fully saturated rings. The van der Waals surface area contributed by atoms with E-state index in [0.717, 1.165) is 62.9 Å². The fourth-order valence-electron chi connectivity index (χ4n) is 7.13. The van der Waals surface area contributed by atoms with E-state index in [-0.39, 0.29) is 0 Å². The Balaban J connectivity index is 1.64. The maximum absolute atomic E-state index is 10.1. The van der Waals surface area contributed by atoms with Crippen LogP contribution < -0.4 is 5.73 Å². The first-order valence-electron chi connectivity index (χ1n) is 13.8. The minimum atomic E-state index is -0.534. The van der Waals surface area contributed by atoms with Crippen LogP contribution in [0.1, 0.15) is 105 Å². The molecule has 0 heterocycles. The number of aliphatic hydroxyl groups is 1. The quantitative estimate of drug-likeness (QED) is 0.344. The molecular weight excluding hydrogens is 406 g/mol. The SMILES string of the molecule is C=C1CC[C@H](OCCCN)CC1=C/C=C1\CCC[C@]2(C)[C@@H]([C@H](C)CCCC(C)(C)O)CC[C@@H]12. The largest absolute Gasteiger partial charge is 0.390 e. The van der Waals surface area contributed by atoms with Gasteiger partial charge >= 0.3 is 0 Å². The average Bonchev–Trinajstić information content (AvgIpc) is 3.10. The molecular formula is C30H51NO2. The second-order valence-corrected chi connectivity index (χ2v) is 12.2. The van der Waals surface area contributed by atoms with Crippen LogP contribution in [0.2, 0.25) is 0 Å². The van der Waals surface area contributed by atoms with Gasteiger partial charge in [-0.15, -0.1) is 0 Å². The van der Waals surface area contributed by atoms with Crippen molar-refractivity contribution in [2.45, 2.75) is 116 Å². The van der Waals surface area contributed by atoms with Crippen molar-refractivity contribution in [2.75, 3.05) is 13.2 Å². The van der Waals surface area contributed by atoms with Gasteiger partial charge in [-0.3, -0.25) is 0 Å². The molecule has 188 valence electrons. The molecule has 3 N–H and O–H groups in total. The molecule has 3 nitrogen and oxygen atoms in total. The number of hydrogen-bond donors (Lipinski definition) is 2. The molecule has 0 aromatic carbocycles. The highest BCUT2D eigenvalue weighted by molar-refractivity contribution is 5.36. The third-order valence-corrected chi connectivity index (χ3v) is 9.04. The Morgan fingerprint density at radius 2 is 2.00 bits per heavy atom. The summed E-state index contributed by atoms with van der Waals surface area (Å²) in [4.78, 5) is 0. The normalized spacial score (nSPS) is 34.1. The van der Waals surface area contributed by atoms with Gasteiger partial charge in [0.2, 0.25) is 0 Å². The summed E-state index contributed by atoms with van der Waals surface area (Å²) >= 11 is 0. The Morgan fingerprint density at radius 3 is 2.73 bits per heavy atom. The second-order valence-electron chi connectivity index (χ2n) is 12.2. The molecule has 3 heteroatoms. The standard InChI is InChI=1S/C30H51NO2/c1-22-11-14-26(33-20-8-19-31)21-25(22)13-12-24-10-7-18-30(5)27(15-16-28(24)30)23(2)9-6-17-29(3,4)32/h12-13,23,26-28,32H,1,6-11,14-21,31H2,2-5H3/b24-12+,25-13?/t23-,26+,27-,28+,30-/m1/s1. The molecule has 0 spiro atoms. The minimum Gasteiger partial charge on any atom is -0.390 e. The van der Waals surface area contributed by atoms with Gasteiger partial charge in [-0.2, -0.15) is 0 Å². The van der Waals surface area contributed by atoms with E-state index in [9.17, 15) is 5.11 Å². The highest BCUT2D eigenvalue weighted by Gasteiger charge is 2.50. The topological polar surface area (TPSA) is 55.5 Å². The predicted octanol–water partition coefficient (Wildman–Crippen LogP) is 7.11. The van der Waals surface area contributed by atoms with Gasteiger partial charge in [0.1, 0.15) is 0 Å². The first kappa shape index (κ1) is 26.7. The van der Waals surface area contributed by atoms with Crippen LogP contribution in [-0.4, -0.2) is 30.0 Å². The molecule has 3 rings (SSSR count). The summed E-state index contributed by atoms with van der Waals surface area (Å²) in [5.41, 5.74) is 9.91. The molecule has 0 saturated heterocycles. The van der Waals surface area contributed by atoms with E-state index in [1.165, 1.54) is 49.7 Å². The summed E-state index contributed by atoms with van der Waals surface area (Å²) in [5.74, 6) is 2.29. The zero-order chi connectivity index (χ0) is 24.1. The van der Waals surface area contributed by atoms with Gasteiger partial charge in [0.05, 0.1) is 11.7 Å². The van der Waals surface area contributed by atoms with Crippen molar-refractivity contribution < 1.29 is 9.84 Å². The Morgan fingerprint density at radius 1 is 1.21 bits per heavy atom. The molecule has 0 aromatic rings. The maximum atomic E-state index is 10.1. The fraction of sp³-hybridized carbons (Fsp3) is 0.800. The zero-order valence-electron chi connectivity index (χ0n) is 22.0. The van der Waals surface area contributed by atoms with E-state index in [0.29, 0.717) is 18.1 Å². The van der Waals surface area contributed by atoms with Gasteiger partial charge in [-0.05, 0) is 113 Å². The van der Waals surface area contributed by atoms with E-state index in [1.807, 2.05) is 13.8 Å². The summed E-state index contributed by atoms with van der Waals surface area (Å²) in [6.45, 7) is 14.8. The van der Waals surface area contributed by atoms with Crippen LogP contribution in [0.3, 0.4) is 0 Å². The summed E-state index contributed by atoms with van der Waals surface area (Å²) in [6.07, 6.45) is 19.2. The molecule has 0 aromatic heterocycles. The van der Waals surface area contributed by atoms with Gasteiger partial charge in [0.15, 0.2) is 0 Å². The Bertz CT molecular complexity index is 715. The van der Waals surface area contributed by atoms with Crippen molar-refractivity contribution in [3.63, 3.8) is 0 Å². The summed E-state index contributed by atoms with van der Waals surface area (Å²) in [7, 11) is 0. The highest BCUT2D eigenvalue weighted by Crippen LogP contribution is 2.60. The van der Waals surface area contributed by atoms with E-state index < -0.39 is 5.60 Å². The zero-order valence-corrected chi connectivity index (χ0v) is 22.0. The van der Waals surface area contributed by atoms with Gasteiger partial charge in [-0.25, -0.2) is 0 Å². The summed E-state index contributed by atoms with van der Waals surface area (Å²) < 4.78 is 6.07. The van der Waals surface area contributed by atoms with E-state index in [1.54, 1.807) is 5.57 Å². The molecule has 33 heavy (non-hydrogen) atoms. The first-order valence-corrected chi connectivity index (χ1v) is 13.8. The van der Waals surface area contributed by atoms with Crippen LogP contribution in [0.25, 0.3) is 0 Å². The van der Waals surface area contributed by atoms with E-state index in [2.05, 4.69) is 32.6 Å². The van der Waals surface area contributed by atoms with Crippen LogP contribution in [0.15, 0.2) is 35.5 Å². The lowest BCUT2D eigenvalue weighted by atomic mass is 9.60. The number of ether oxygens (including phenoxy) is 1. The van der Waals surface area contributed by atoms with Crippen molar-refractivity contribution >= 4 is 0 Å². The smallest absolute Gasteiger partial charge is 0.0618 e. The highest BCUT2D eigenvalue weighted by atomic mass is 16.5. The van der Waals surface area contributed by atoms with Crippen molar-refractivity contribution in [1.82, 2.24) is 0 Å². The maximum Gasteiger partial charge on any atom is 0.0618 e. The van der Waals surface area contributed by atoms with E-state index >= 15 is 0 Å². The average molecular weight is 458 g/mol. The molecule has 0 aliphatic heterocycles. The van der Waals surface area contributed by atoms with Crippen LogP contribution in [0, 0.1) is 23.2 Å². The number of fused-ring (bicyclic) bond motifs is 1. The van der Waals surface area contributed by atoms with Crippen LogP contribution in [0.5, 0.6) is 0 Å². The summed E-state index contributed by atoms with van der Waals surface area (Å²) in [6, 6.07) is 0. The van der Waals surface area contributed by atoms with Gasteiger partial charge < -0.3 is 15.6 Å². The van der Waals surface area contributed by atoms with Gasteiger partial charge in [0, 0.05) is 6.61 Å². The third kappa shape index (κ3) is 7.05. The monoisotopic (exact) mass is 457 g/mol. The van der Waals surface area contributed by atoms with Crippen molar-refractivity contribution in [2.24, 2.45) is 28.9 Å². The molecule has 3 aliphatic rings. The molecule has 3 saturated carbocycles. The Hall–Kier alpha value is -0.900. The predicted molar refractivity (Wildman–Crippen MR) is 140 cm³/mol. The lowest BCUT2D eigenvalue weighted by Crippen LogP contribution is -2.36. The Kier molecular flexibility index (Phi) is 9.46. The third-order valence-electron chi connectivity index (χ3n) is 9.04. The molecule has 0 bridgehead atoms. The minimum absolute atomic E-state index is 0.323. The fourth-order valence-corrected chi connectivity index (χ4v) is 7.13. The number of allylic oxidation sites excluding steroid dienone is 4. The number of nitrogens with two attached hydrogens (primary N) is 1. The van der Waals surface area contributed by atoms with Crippen LogP contribution in [-0.2, 0) is 4.74 Å². The molecule has 3 aliphatic carbocycles. The van der Waals surface area contributed by atoms with Crippen LogP contribution >= 0.6 is 0 Å².